The van der Waals surface area contributed by atoms with Crippen molar-refractivity contribution < 1.29 is 45.8 Å². The Morgan fingerprint density at radius 2 is 1.61 bits per heavy atom. The first kappa shape index (κ1) is 18.9. The highest BCUT2D eigenvalue weighted by Gasteiger charge is 2.61. The standard InChI is InChI=1S/C13H10F6O4/c1-23-10(21)11(22,13(17,18)19)6-9(20)7-4-2-3-5-8(7)12(14,15)16/h2-5,22H,6H2,1H3/t11-/m0/s1. The van der Waals surface area contributed by atoms with Crippen molar-refractivity contribution in [3.8, 4) is 0 Å². The third-order valence-electron chi connectivity index (χ3n) is 2.94. The zero-order chi connectivity index (χ0) is 18.1. The highest BCUT2D eigenvalue weighted by atomic mass is 19.4. The molecule has 128 valence electrons. The number of ether oxygens (including phenoxy) is 1. The number of hydrogen-bond acceptors (Lipinski definition) is 4. The van der Waals surface area contributed by atoms with E-state index in [-0.39, 0.29) is 0 Å². The second kappa shape index (κ2) is 6.19. The minimum Gasteiger partial charge on any atom is -0.467 e. The Morgan fingerprint density at radius 3 is 2.04 bits per heavy atom. The molecule has 1 aromatic carbocycles. The Labute approximate surface area is 125 Å². The van der Waals surface area contributed by atoms with Crippen LogP contribution in [0.4, 0.5) is 26.3 Å². The number of hydrogen-bond donors (Lipinski definition) is 1. The van der Waals surface area contributed by atoms with E-state index >= 15 is 0 Å². The molecule has 4 nitrogen and oxygen atoms in total. The predicted molar refractivity (Wildman–Crippen MR) is 63.4 cm³/mol. The van der Waals surface area contributed by atoms with Gasteiger partial charge in [-0.05, 0) is 6.07 Å². The number of esters is 1. The van der Waals surface area contributed by atoms with E-state index in [0.717, 1.165) is 12.1 Å². The molecule has 0 aromatic heterocycles. The molecule has 0 spiro atoms. The van der Waals surface area contributed by atoms with Gasteiger partial charge in [-0.15, -0.1) is 0 Å². The molecule has 23 heavy (non-hydrogen) atoms. The van der Waals surface area contributed by atoms with Gasteiger partial charge in [-0.25, -0.2) is 4.79 Å². The van der Waals surface area contributed by atoms with Crippen molar-refractivity contribution in [2.24, 2.45) is 0 Å². The fourth-order valence-electron chi connectivity index (χ4n) is 1.76. The normalized spacial score (nSPS) is 15.0. The highest BCUT2D eigenvalue weighted by Crippen LogP contribution is 2.37. The summed E-state index contributed by atoms with van der Waals surface area (Å²) in [6.45, 7) is 0. The molecule has 0 aliphatic carbocycles. The summed E-state index contributed by atoms with van der Waals surface area (Å²) in [5.74, 6) is -3.90. The average molecular weight is 344 g/mol. The lowest BCUT2D eigenvalue weighted by Gasteiger charge is -2.27. The Kier molecular flexibility index (Phi) is 5.10. The van der Waals surface area contributed by atoms with Gasteiger partial charge in [-0.3, -0.25) is 4.79 Å². The van der Waals surface area contributed by atoms with Crippen LogP contribution in [-0.2, 0) is 15.7 Å². The van der Waals surface area contributed by atoms with Crippen LogP contribution in [0, 0.1) is 0 Å². The van der Waals surface area contributed by atoms with Crippen LogP contribution in [0.2, 0.25) is 0 Å². The van der Waals surface area contributed by atoms with Crippen molar-refractivity contribution in [2.75, 3.05) is 7.11 Å². The van der Waals surface area contributed by atoms with E-state index in [1.165, 1.54) is 0 Å². The van der Waals surface area contributed by atoms with Crippen LogP contribution in [-0.4, -0.2) is 35.7 Å². The average Bonchev–Trinajstić information content (AvgIpc) is 2.44. The van der Waals surface area contributed by atoms with Crippen molar-refractivity contribution in [3.63, 3.8) is 0 Å². The van der Waals surface area contributed by atoms with Gasteiger partial charge in [-0.1, -0.05) is 18.2 Å². The SMILES string of the molecule is COC(=O)[C@@](O)(CC(=O)c1ccccc1C(F)(F)F)C(F)(F)F. The zero-order valence-electron chi connectivity index (χ0n) is 11.5. The van der Waals surface area contributed by atoms with Crippen molar-refractivity contribution in [1.82, 2.24) is 0 Å². The van der Waals surface area contributed by atoms with E-state index in [0.29, 0.717) is 19.2 Å². The van der Waals surface area contributed by atoms with E-state index < -0.39 is 47.3 Å². The topological polar surface area (TPSA) is 63.6 Å². The number of carbonyl (C=O) groups is 2. The van der Waals surface area contributed by atoms with Crippen molar-refractivity contribution in [3.05, 3.63) is 35.4 Å². The predicted octanol–water partition coefficient (Wildman–Crippen LogP) is 2.74. The van der Waals surface area contributed by atoms with Crippen LogP contribution in [0.1, 0.15) is 22.3 Å². The molecular formula is C13H10F6O4. The van der Waals surface area contributed by atoms with Gasteiger partial charge in [0.1, 0.15) is 0 Å². The first-order valence-electron chi connectivity index (χ1n) is 5.91. The maximum Gasteiger partial charge on any atom is 0.428 e. The van der Waals surface area contributed by atoms with Gasteiger partial charge in [-0.2, -0.15) is 26.3 Å². The smallest absolute Gasteiger partial charge is 0.428 e. The van der Waals surface area contributed by atoms with Gasteiger partial charge in [0.25, 0.3) is 5.60 Å². The van der Waals surface area contributed by atoms with E-state index in [4.69, 9.17) is 0 Å². The summed E-state index contributed by atoms with van der Waals surface area (Å²) in [4.78, 5) is 23.0. The van der Waals surface area contributed by atoms with Crippen molar-refractivity contribution in [1.29, 1.82) is 0 Å². The van der Waals surface area contributed by atoms with E-state index in [9.17, 15) is 41.0 Å². The molecule has 0 bridgehead atoms. The molecule has 1 atom stereocenters. The van der Waals surface area contributed by atoms with Crippen molar-refractivity contribution in [2.45, 2.75) is 24.4 Å². The third-order valence-corrected chi connectivity index (χ3v) is 2.94. The quantitative estimate of drug-likeness (QED) is 0.518. The van der Waals surface area contributed by atoms with E-state index in [1.54, 1.807) is 0 Å². The Balaban J connectivity index is 3.29. The number of halogens is 6. The van der Waals surface area contributed by atoms with Gasteiger partial charge >= 0.3 is 18.3 Å². The number of carbonyl (C=O) groups excluding carboxylic acids is 2. The summed E-state index contributed by atoms with van der Waals surface area (Å²) >= 11 is 0. The first-order chi connectivity index (χ1) is 10.3. The zero-order valence-corrected chi connectivity index (χ0v) is 11.5. The molecule has 0 radical (unpaired) electrons. The number of Topliss-reactive ketones (excluding diaryl/α,β-unsaturated/α-hetero) is 1. The molecule has 0 saturated heterocycles. The van der Waals surface area contributed by atoms with Crippen LogP contribution in [0.25, 0.3) is 0 Å². The van der Waals surface area contributed by atoms with Gasteiger partial charge in [0.15, 0.2) is 5.78 Å². The summed E-state index contributed by atoms with van der Waals surface area (Å²) in [6.07, 6.45) is -12.5. The maximum atomic E-state index is 12.8. The molecule has 0 heterocycles. The second-order valence-electron chi connectivity index (χ2n) is 4.49. The van der Waals surface area contributed by atoms with Crippen molar-refractivity contribution >= 4 is 11.8 Å². The molecule has 10 heteroatoms. The summed E-state index contributed by atoms with van der Waals surface area (Å²) in [5, 5.41) is 9.44. The molecular weight excluding hydrogens is 334 g/mol. The number of methoxy groups -OCH3 is 1. The second-order valence-corrected chi connectivity index (χ2v) is 4.49. The fourth-order valence-corrected chi connectivity index (χ4v) is 1.76. The molecule has 0 aliphatic rings. The minimum atomic E-state index is -5.61. The van der Waals surface area contributed by atoms with Crippen LogP contribution in [0.15, 0.2) is 24.3 Å². The van der Waals surface area contributed by atoms with Crippen LogP contribution < -0.4 is 0 Å². The summed E-state index contributed by atoms with van der Waals surface area (Å²) in [7, 11) is 0.535. The first-order valence-corrected chi connectivity index (χ1v) is 5.91. The number of rotatable bonds is 4. The summed E-state index contributed by atoms with van der Waals surface area (Å²) < 4.78 is 80.6. The fraction of sp³-hybridized carbons (Fsp3) is 0.385. The monoisotopic (exact) mass is 344 g/mol. The Morgan fingerprint density at radius 1 is 1.09 bits per heavy atom. The highest BCUT2D eigenvalue weighted by molar-refractivity contribution is 6.01. The molecule has 0 aliphatic heterocycles. The van der Waals surface area contributed by atoms with Crippen LogP contribution >= 0.6 is 0 Å². The van der Waals surface area contributed by atoms with Gasteiger partial charge in [0.2, 0.25) is 0 Å². The summed E-state index contributed by atoms with van der Waals surface area (Å²) in [5.41, 5.74) is -6.80. The maximum absolute atomic E-state index is 12.8. The molecule has 0 amide bonds. The van der Waals surface area contributed by atoms with Crippen LogP contribution in [0.3, 0.4) is 0 Å². The number of ketones is 1. The molecule has 0 unspecified atom stereocenters. The van der Waals surface area contributed by atoms with Gasteiger partial charge in [0, 0.05) is 5.56 Å². The number of aliphatic hydroxyl groups is 1. The largest absolute Gasteiger partial charge is 0.467 e. The van der Waals surface area contributed by atoms with E-state index in [1.807, 2.05) is 0 Å². The number of benzene rings is 1. The Hall–Kier alpha value is -2.10. The molecule has 0 saturated carbocycles. The summed E-state index contributed by atoms with van der Waals surface area (Å²) in [6, 6.07) is 3.10. The number of alkyl halides is 6. The van der Waals surface area contributed by atoms with E-state index in [2.05, 4.69) is 4.74 Å². The van der Waals surface area contributed by atoms with Gasteiger partial charge < -0.3 is 9.84 Å². The lowest BCUT2D eigenvalue weighted by atomic mass is 9.91. The lowest BCUT2D eigenvalue weighted by molar-refractivity contribution is -0.260. The lowest BCUT2D eigenvalue weighted by Crippen LogP contribution is -2.54. The van der Waals surface area contributed by atoms with Gasteiger partial charge in [0.05, 0.1) is 19.1 Å². The van der Waals surface area contributed by atoms with Crippen LogP contribution in [0.5, 0.6) is 0 Å². The molecule has 0 fully saturated rings. The molecule has 1 N–H and O–H groups in total. The Bertz CT molecular complexity index is 607. The molecule has 1 rings (SSSR count). The molecule has 1 aromatic rings. The minimum absolute atomic E-state index is 0.498. The third kappa shape index (κ3) is 3.81.